The number of fused-ring (bicyclic) bond motifs is 1. The van der Waals surface area contributed by atoms with Crippen molar-refractivity contribution in [1.82, 2.24) is 19.8 Å². The number of likely N-dealkylation sites (tertiary alicyclic amines) is 1. The van der Waals surface area contributed by atoms with Crippen LogP contribution in [0.15, 0.2) is 29.1 Å². The average Bonchev–Trinajstić information content (AvgIpc) is 3.30. The molecule has 1 aliphatic carbocycles. The summed E-state index contributed by atoms with van der Waals surface area (Å²) in [5, 5.41) is 0. The van der Waals surface area contributed by atoms with E-state index in [1.54, 1.807) is 7.11 Å². The summed E-state index contributed by atoms with van der Waals surface area (Å²) >= 11 is 0. The molecule has 7 nitrogen and oxygen atoms in total. The average molecular weight is 423 g/mol. The molecule has 164 valence electrons. The molecule has 1 aromatic heterocycles. The van der Waals surface area contributed by atoms with Crippen LogP contribution in [0, 0.1) is 11.8 Å². The van der Waals surface area contributed by atoms with Crippen molar-refractivity contribution in [1.29, 1.82) is 0 Å². The third-order valence-electron chi connectivity index (χ3n) is 7.05. The third kappa shape index (κ3) is 4.11. The Hall–Kier alpha value is -2.67. The summed E-state index contributed by atoms with van der Waals surface area (Å²) in [7, 11) is 1.67. The van der Waals surface area contributed by atoms with Crippen molar-refractivity contribution < 1.29 is 9.53 Å². The van der Waals surface area contributed by atoms with Gasteiger partial charge in [-0.1, -0.05) is 19.1 Å². The molecular formula is C24H30N4O3. The van der Waals surface area contributed by atoms with Gasteiger partial charge < -0.3 is 14.6 Å². The molecule has 0 radical (unpaired) electrons. The number of ether oxygens (including phenoxy) is 1. The topological polar surface area (TPSA) is 78.5 Å². The van der Waals surface area contributed by atoms with Gasteiger partial charge in [0, 0.05) is 50.1 Å². The van der Waals surface area contributed by atoms with Crippen LogP contribution in [0.3, 0.4) is 0 Å². The number of hydrogen-bond donors (Lipinski definition) is 1. The molecule has 0 spiro atoms. The van der Waals surface area contributed by atoms with Crippen LogP contribution in [-0.2, 0) is 24.3 Å². The number of H-pyrrole nitrogens is 1. The molecule has 7 heteroatoms. The Balaban J connectivity index is 1.28. The number of nitrogens with zero attached hydrogens (tertiary/aromatic N) is 3. The van der Waals surface area contributed by atoms with Crippen molar-refractivity contribution in [2.24, 2.45) is 11.8 Å². The first-order chi connectivity index (χ1) is 15.0. The summed E-state index contributed by atoms with van der Waals surface area (Å²) in [6.45, 7) is 5.90. The van der Waals surface area contributed by atoms with E-state index in [9.17, 15) is 9.59 Å². The van der Waals surface area contributed by atoms with Gasteiger partial charge in [-0.2, -0.15) is 0 Å². The lowest BCUT2D eigenvalue weighted by Gasteiger charge is -2.28. The number of rotatable bonds is 5. The summed E-state index contributed by atoms with van der Waals surface area (Å²) in [4.78, 5) is 37.5. The maximum atomic E-state index is 12.7. The Bertz CT molecular complexity index is 1030. The molecule has 2 aliphatic heterocycles. The molecule has 2 aromatic rings. The van der Waals surface area contributed by atoms with Crippen LogP contribution in [0.2, 0.25) is 0 Å². The van der Waals surface area contributed by atoms with E-state index in [1.165, 1.54) is 5.56 Å². The number of amides is 1. The van der Waals surface area contributed by atoms with Gasteiger partial charge in [-0.15, -0.1) is 0 Å². The van der Waals surface area contributed by atoms with Gasteiger partial charge in [-0.05, 0) is 42.9 Å². The lowest BCUT2D eigenvalue weighted by atomic mass is 10.0. The van der Waals surface area contributed by atoms with E-state index >= 15 is 0 Å². The maximum Gasteiger partial charge on any atom is 0.254 e. The smallest absolute Gasteiger partial charge is 0.254 e. The second-order valence-corrected chi connectivity index (χ2v) is 9.27. The van der Waals surface area contributed by atoms with Gasteiger partial charge in [0.05, 0.1) is 12.8 Å². The van der Waals surface area contributed by atoms with Crippen LogP contribution in [0.4, 0.5) is 0 Å². The Kier molecular flexibility index (Phi) is 5.30. The zero-order valence-electron chi connectivity index (χ0n) is 18.3. The van der Waals surface area contributed by atoms with Gasteiger partial charge in [0.1, 0.15) is 11.6 Å². The molecule has 5 rings (SSSR count). The van der Waals surface area contributed by atoms with E-state index in [-0.39, 0.29) is 23.3 Å². The van der Waals surface area contributed by atoms with Gasteiger partial charge in [0.2, 0.25) is 5.91 Å². The second-order valence-electron chi connectivity index (χ2n) is 9.27. The molecule has 0 unspecified atom stereocenters. The van der Waals surface area contributed by atoms with Crippen LogP contribution < -0.4 is 10.3 Å². The highest BCUT2D eigenvalue weighted by atomic mass is 16.5. The van der Waals surface area contributed by atoms with E-state index < -0.39 is 0 Å². The molecule has 2 fully saturated rings. The van der Waals surface area contributed by atoms with E-state index in [0.717, 1.165) is 55.3 Å². The van der Waals surface area contributed by atoms with Crippen LogP contribution in [0.5, 0.6) is 5.75 Å². The molecule has 3 atom stereocenters. The molecule has 3 heterocycles. The normalized spacial score (nSPS) is 25.4. The summed E-state index contributed by atoms with van der Waals surface area (Å²) in [6, 6.07) is 8.11. The number of carbonyl (C=O) groups excluding carboxylic acids is 1. The fraction of sp³-hybridized carbons (Fsp3) is 0.542. The fourth-order valence-corrected chi connectivity index (χ4v) is 4.91. The standard InChI is InChI=1S/C24H30N4O3/c1-15-11-20(15)24(30)28-10-7-17(13-28)22-25-21-14-27(9-8-19(21)23(29)26-22)12-16-3-5-18(31-2)6-4-16/h3-6,15,17,20H,7-14H2,1-2H3,(H,25,26,29)/t15-,17-,20-/m1/s1. The van der Waals surface area contributed by atoms with Crippen molar-refractivity contribution in [3.05, 3.63) is 57.3 Å². The van der Waals surface area contributed by atoms with E-state index in [4.69, 9.17) is 9.72 Å². The molecule has 1 N–H and O–H groups in total. The van der Waals surface area contributed by atoms with Crippen molar-refractivity contribution in [3.63, 3.8) is 0 Å². The van der Waals surface area contributed by atoms with Crippen LogP contribution in [-0.4, -0.2) is 52.4 Å². The first-order valence-corrected chi connectivity index (χ1v) is 11.3. The number of nitrogens with one attached hydrogen (secondary N) is 1. The third-order valence-corrected chi connectivity index (χ3v) is 7.05. The van der Waals surface area contributed by atoms with Crippen molar-refractivity contribution in [2.75, 3.05) is 26.7 Å². The van der Waals surface area contributed by atoms with Crippen molar-refractivity contribution in [3.8, 4) is 5.75 Å². The van der Waals surface area contributed by atoms with E-state index in [0.29, 0.717) is 25.4 Å². The Morgan fingerprint density at radius 3 is 2.74 bits per heavy atom. The highest BCUT2D eigenvalue weighted by Gasteiger charge is 2.43. The van der Waals surface area contributed by atoms with Crippen LogP contribution in [0.25, 0.3) is 0 Å². The maximum absolute atomic E-state index is 12.7. The van der Waals surface area contributed by atoms with Gasteiger partial charge >= 0.3 is 0 Å². The van der Waals surface area contributed by atoms with Gasteiger partial charge in [0.25, 0.3) is 5.56 Å². The molecule has 0 bridgehead atoms. The zero-order valence-corrected chi connectivity index (χ0v) is 18.3. The summed E-state index contributed by atoms with van der Waals surface area (Å²) in [5.41, 5.74) is 2.91. The highest BCUT2D eigenvalue weighted by Crippen LogP contribution is 2.40. The minimum absolute atomic E-state index is 0.00955. The molecular weight excluding hydrogens is 392 g/mol. The largest absolute Gasteiger partial charge is 0.497 e. The minimum Gasteiger partial charge on any atom is -0.497 e. The predicted octanol–water partition coefficient (Wildman–Crippen LogP) is 2.31. The monoisotopic (exact) mass is 422 g/mol. The van der Waals surface area contributed by atoms with Gasteiger partial charge in [0.15, 0.2) is 0 Å². The first kappa shape index (κ1) is 20.2. The fourth-order valence-electron chi connectivity index (χ4n) is 4.91. The number of hydrogen-bond acceptors (Lipinski definition) is 5. The number of aromatic nitrogens is 2. The minimum atomic E-state index is -0.00955. The Morgan fingerprint density at radius 1 is 1.26 bits per heavy atom. The Labute approximate surface area is 182 Å². The summed E-state index contributed by atoms with van der Waals surface area (Å²) in [5.74, 6) is 2.72. The molecule has 1 aromatic carbocycles. The first-order valence-electron chi connectivity index (χ1n) is 11.3. The number of aromatic amines is 1. The van der Waals surface area contributed by atoms with E-state index in [2.05, 4.69) is 28.9 Å². The SMILES string of the molecule is COc1ccc(CN2CCc3c(nc([C@@H]4CCN(C(=O)[C@@H]5C[C@H]5C)C4)[nH]c3=O)C2)cc1. The molecule has 31 heavy (non-hydrogen) atoms. The lowest BCUT2D eigenvalue weighted by molar-refractivity contribution is -0.131. The number of benzene rings is 1. The van der Waals surface area contributed by atoms with Gasteiger partial charge in [-0.25, -0.2) is 4.98 Å². The molecule has 1 saturated carbocycles. The molecule has 1 saturated heterocycles. The highest BCUT2D eigenvalue weighted by molar-refractivity contribution is 5.81. The van der Waals surface area contributed by atoms with Crippen molar-refractivity contribution >= 4 is 5.91 Å². The quantitative estimate of drug-likeness (QED) is 0.800. The van der Waals surface area contributed by atoms with Crippen LogP contribution >= 0.6 is 0 Å². The zero-order chi connectivity index (χ0) is 21.5. The van der Waals surface area contributed by atoms with E-state index in [1.807, 2.05) is 17.0 Å². The predicted molar refractivity (Wildman–Crippen MR) is 117 cm³/mol. The summed E-state index contributed by atoms with van der Waals surface area (Å²) in [6.07, 6.45) is 2.59. The van der Waals surface area contributed by atoms with Gasteiger partial charge in [-0.3, -0.25) is 14.5 Å². The number of carbonyl (C=O) groups is 1. The Morgan fingerprint density at radius 2 is 2.03 bits per heavy atom. The number of methoxy groups -OCH3 is 1. The lowest BCUT2D eigenvalue weighted by Crippen LogP contribution is -2.36. The molecule has 1 amide bonds. The van der Waals surface area contributed by atoms with Crippen LogP contribution in [0.1, 0.15) is 48.3 Å². The summed E-state index contributed by atoms with van der Waals surface area (Å²) < 4.78 is 5.24. The second kappa shape index (κ2) is 8.11. The molecule has 3 aliphatic rings. The van der Waals surface area contributed by atoms with Crippen molar-refractivity contribution in [2.45, 2.75) is 45.2 Å².